The highest BCUT2D eigenvalue weighted by Gasteiger charge is 2.36. The molecule has 0 aromatic carbocycles. The van der Waals surface area contributed by atoms with Gasteiger partial charge < -0.3 is 23.3 Å². The summed E-state index contributed by atoms with van der Waals surface area (Å²) in [5.41, 5.74) is 0. The molecular formula is C13H29NO5Si. The summed E-state index contributed by atoms with van der Waals surface area (Å²) in [4.78, 5) is 11.6. The monoisotopic (exact) mass is 307 g/mol. The highest BCUT2D eigenvalue weighted by molar-refractivity contribution is 6.60. The van der Waals surface area contributed by atoms with Crippen molar-refractivity contribution in [2.24, 2.45) is 0 Å². The molecule has 0 aliphatic rings. The summed E-state index contributed by atoms with van der Waals surface area (Å²) in [5, 5.41) is 3.14. The van der Waals surface area contributed by atoms with Crippen LogP contribution in [-0.2, 0) is 22.8 Å². The standard InChI is InChI=1S/C13H29NO5Si/c1-6-7-10-19-13(15)12(2)14-9-8-11-20(16-3,17-4)18-5/h12,14H,6-11H2,1-5H3/t12-/m0/s1. The molecule has 0 fully saturated rings. The van der Waals surface area contributed by atoms with Crippen LogP contribution < -0.4 is 5.32 Å². The fourth-order valence-electron chi connectivity index (χ4n) is 1.71. The molecular weight excluding hydrogens is 278 g/mol. The van der Waals surface area contributed by atoms with Gasteiger partial charge in [0.05, 0.1) is 6.61 Å². The van der Waals surface area contributed by atoms with Gasteiger partial charge in [-0.3, -0.25) is 4.79 Å². The van der Waals surface area contributed by atoms with Crippen LogP contribution in [0.5, 0.6) is 0 Å². The van der Waals surface area contributed by atoms with Gasteiger partial charge in [0, 0.05) is 27.4 Å². The number of unbranched alkanes of at least 4 members (excludes halogenated alkanes) is 1. The van der Waals surface area contributed by atoms with Gasteiger partial charge >= 0.3 is 14.8 Å². The maximum absolute atomic E-state index is 11.6. The number of nitrogens with one attached hydrogen (secondary N) is 1. The smallest absolute Gasteiger partial charge is 0.465 e. The second-order valence-electron chi connectivity index (χ2n) is 4.60. The predicted octanol–water partition coefficient (Wildman–Crippen LogP) is 1.58. The molecule has 0 bridgehead atoms. The molecule has 0 saturated heterocycles. The lowest BCUT2D eigenvalue weighted by Crippen LogP contribution is -2.43. The molecule has 0 amide bonds. The van der Waals surface area contributed by atoms with E-state index in [0.29, 0.717) is 19.2 Å². The maximum Gasteiger partial charge on any atom is 0.500 e. The first-order chi connectivity index (χ1) is 9.55. The van der Waals surface area contributed by atoms with E-state index in [-0.39, 0.29) is 12.0 Å². The Morgan fingerprint density at radius 2 is 1.75 bits per heavy atom. The quantitative estimate of drug-likeness (QED) is 0.335. The molecule has 7 heteroatoms. The van der Waals surface area contributed by atoms with Crippen LogP contribution in [0, 0.1) is 0 Å². The molecule has 1 N–H and O–H groups in total. The Labute approximate surface area is 123 Å². The predicted molar refractivity (Wildman–Crippen MR) is 79.5 cm³/mol. The van der Waals surface area contributed by atoms with Crippen molar-refractivity contribution in [3.05, 3.63) is 0 Å². The molecule has 0 rings (SSSR count). The molecule has 0 aromatic heterocycles. The van der Waals surface area contributed by atoms with E-state index in [4.69, 9.17) is 18.0 Å². The first-order valence-electron chi connectivity index (χ1n) is 7.10. The number of ether oxygens (including phenoxy) is 1. The third kappa shape index (κ3) is 7.35. The number of rotatable bonds is 12. The molecule has 0 aliphatic heterocycles. The second-order valence-corrected chi connectivity index (χ2v) is 7.69. The molecule has 0 saturated carbocycles. The van der Waals surface area contributed by atoms with Gasteiger partial charge in [-0.2, -0.15) is 0 Å². The van der Waals surface area contributed by atoms with E-state index in [0.717, 1.165) is 19.3 Å². The Balaban J connectivity index is 3.85. The van der Waals surface area contributed by atoms with Crippen LogP contribution in [0.1, 0.15) is 33.1 Å². The van der Waals surface area contributed by atoms with Crippen LogP contribution in [0.15, 0.2) is 0 Å². The van der Waals surface area contributed by atoms with Gasteiger partial charge in [-0.15, -0.1) is 0 Å². The molecule has 0 heterocycles. The Morgan fingerprint density at radius 3 is 2.25 bits per heavy atom. The summed E-state index contributed by atoms with van der Waals surface area (Å²) in [6.45, 7) is 5.05. The number of carbonyl (C=O) groups is 1. The summed E-state index contributed by atoms with van der Waals surface area (Å²) in [5.74, 6) is -0.202. The van der Waals surface area contributed by atoms with Crippen molar-refractivity contribution in [1.29, 1.82) is 0 Å². The molecule has 0 radical (unpaired) electrons. The van der Waals surface area contributed by atoms with Crippen molar-refractivity contribution in [1.82, 2.24) is 5.32 Å². The molecule has 0 aliphatic carbocycles. The highest BCUT2D eigenvalue weighted by Crippen LogP contribution is 2.14. The minimum absolute atomic E-state index is 0.202. The van der Waals surface area contributed by atoms with Crippen molar-refractivity contribution >= 4 is 14.8 Å². The molecule has 1 atom stereocenters. The SMILES string of the molecule is CCCCOC(=O)[C@H](C)NCCC[Si](OC)(OC)OC. The van der Waals surface area contributed by atoms with Crippen molar-refractivity contribution in [2.45, 2.75) is 45.2 Å². The number of hydrogen-bond acceptors (Lipinski definition) is 6. The van der Waals surface area contributed by atoms with Crippen LogP contribution in [0.2, 0.25) is 6.04 Å². The molecule has 0 aromatic rings. The van der Waals surface area contributed by atoms with Crippen LogP contribution >= 0.6 is 0 Å². The number of hydrogen-bond donors (Lipinski definition) is 1. The van der Waals surface area contributed by atoms with Crippen LogP contribution in [0.3, 0.4) is 0 Å². The fraction of sp³-hybridized carbons (Fsp3) is 0.923. The largest absolute Gasteiger partial charge is 0.500 e. The van der Waals surface area contributed by atoms with Crippen LogP contribution in [0.4, 0.5) is 0 Å². The molecule has 6 nitrogen and oxygen atoms in total. The first kappa shape index (κ1) is 19.5. The summed E-state index contributed by atoms with van der Waals surface area (Å²) < 4.78 is 21.1. The lowest BCUT2D eigenvalue weighted by Gasteiger charge is -2.24. The summed E-state index contributed by atoms with van der Waals surface area (Å²) in [6, 6.07) is 0.414. The van der Waals surface area contributed by atoms with Gasteiger partial charge in [-0.05, 0) is 26.3 Å². The molecule has 120 valence electrons. The lowest BCUT2D eigenvalue weighted by atomic mass is 10.3. The van der Waals surface area contributed by atoms with E-state index < -0.39 is 8.80 Å². The summed E-state index contributed by atoms with van der Waals surface area (Å²) in [7, 11) is 2.29. The Bertz CT molecular complexity index is 253. The van der Waals surface area contributed by atoms with Crippen molar-refractivity contribution < 1.29 is 22.8 Å². The second kappa shape index (κ2) is 11.2. The zero-order valence-electron chi connectivity index (χ0n) is 13.4. The topological polar surface area (TPSA) is 66.0 Å². The van der Waals surface area contributed by atoms with Crippen molar-refractivity contribution in [3.8, 4) is 0 Å². The Morgan fingerprint density at radius 1 is 1.15 bits per heavy atom. The zero-order valence-corrected chi connectivity index (χ0v) is 14.4. The van der Waals surface area contributed by atoms with Crippen LogP contribution in [-0.4, -0.2) is 55.3 Å². The van der Waals surface area contributed by atoms with Gasteiger partial charge in [-0.1, -0.05) is 13.3 Å². The van der Waals surface area contributed by atoms with Gasteiger partial charge in [0.1, 0.15) is 6.04 Å². The number of esters is 1. The third-order valence-corrected chi connectivity index (χ3v) is 5.97. The average Bonchev–Trinajstić information content (AvgIpc) is 2.48. The minimum atomic E-state index is -2.50. The van der Waals surface area contributed by atoms with E-state index in [2.05, 4.69) is 12.2 Å². The van der Waals surface area contributed by atoms with Gasteiger partial charge in [-0.25, -0.2) is 0 Å². The molecule has 20 heavy (non-hydrogen) atoms. The fourth-order valence-corrected chi connectivity index (χ4v) is 3.43. The Kier molecular flexibility index (Phi) is 10.9. The van der Waals surface area contributed by atoms with E-state index in [1.807, 2.05) is 6.92 Å². The normalized spacial score (nSPS) is 13.2. The van der Waals surface area contributed by atoms with E-state index in [1.54, 1.807) is 21.3 Å². The third-order valence-electron chi connectivity index (χ3n) is 3.14. The zero-order chi connectivity index (χ0) is 15.4. The summed E-state index contributed by atoms with van der Waals surface area (Å²) in [6.07, 6.45) is 2.74. The number of carbonyl (C=O) groups excluding carboxylic acids is 1. The van der Waals surface area contributed by atoms with Gasteiger partial charge in [0.25, 0.3) is 0 Å². The molecule has 0 unspecified atom stereocenters. The van der Waals surface area contributed by atoms with E-state index in [1.165, 1.54) is 0 Å². The van der Waals surface area contributed by atoms with Gasteiger partial charge in [0.15, 0.2) is 0 Å². The maximum atomic E-state index is 11.6. The van der Waals surface area contributed by atoms with Gasteiger partial charge in [0.2, 0.25) is 0 Å². The van der Waals surface area contributed by atoms with E-state index in [9.17, 15) is 4.79 Å². The Hall–Kier alpha value is -0.473. The van der Waals surface area contributed by atoms with E-state index >= 15 is 0 Å². The van der Waals surface area contributed by atoms with Crippen LogP contribution in [0.25, 0.3) is 0 Å². The van der Waals surface area contributed by atoms with Crippen molar-refractivity contribution in [3.63, 3.8) is 0 Å². The minimum Gasteiger partial charge on any atom is -0.465 e. The average molecular weight is 307 g/mol. The summed E-state index contributed by atoms with van der Waals surface area (Å²) >= 11 is 0. The first-order valence-corrected chi connectivity index (χ1v) is 9.03. The molecule has 0 spiro atoms. The van der Waals surface area contributed by atoms with Crippen molar-refractivity contribution in [2.75, 3.05) is 34.5 Å². The lowest BCUT2D eigenvalue weighted by molar-refractivity contribution is -0.145. The highest BCUT2D eigenvalue weighted by atomic mass is 28.4.